The van der Waals surface area contributed by atoms with Gasteiger partial charge in [-0.1, -0.05) is 17.7 Å². The molecule has 1 heterocycles. The second-order valence-electron chi connectivity index (χ2n) is 4.51. The number of hydrogen-bond acceptors (Lipinski definition) is 2. The molecule has 0 fully saturated rings. The van der Waals surface area contributed by atoms with E-state index in [9.17, 15) is 0 Å². The molecule has 0 aromatic carbocycles. The highest BCUT2D eigenvalue weighted by Gasteiger charge is 2.06. The average Bonchev–Trinajstić information content (AvgIpc) is 2.49. The van der Waals surface area contributed by atoms with Crippen LogP contribution in [-0.4, -0.2) is 12.1 Å². The van der Waals surface area contributed by atoms with Crippen LogP contribution in [0.1, 0.15) is 32.1 Å². The van der Waals surface area contributed by atoms with Gasteiger partial charge in [0.2, 0.25) is 0 Å². The van der Waals surface area contributed by atoms with Crippen molar-refractivity contribution in [3.05, 3.63) is 27.4 Å². The summed E-state index contributed by atoms with van der Waals surface area (Å²) in [5.41, 5.74) is 0.208. The first-order valence-electron chi connectivity index (χ1n) is 5.14. The van der Waals surface area contributed by atoms with E-state index in [4.69, 9.17) is 11.6 Å². The van der Waals surface area contributed by atoms with Crippen molar-refractivity contribution in [3.8, 4) is 0 Å². The molecule has 1 rings (SSSR count). The molecule has 1 aromatic heterocycles. The highest BCUT2D eigenvalue weighted by molar-refractivity contribution is 7.16. The van der Waals surface area contributed by atoms with E-state index in [0.717, 1.165) is 17.3 Å². The molecule has 0 unspecified atom stereocenters. The molecule has 0 atom stereocenters. The predicted octanol–water partition coefficient (Wildman–Crippen LogP) is 4.19. The lowest BCUT2D eigenvalue weighted by Gasteiger charge is -2.19. The van der Waals surface area contributed by atoms with Gasteiger partial charge in [0, 0.05) is 10.4 Å². The van der Waals surface area contributed by atoms with Crippen molar-refractivity contribution in [2.24, 2.45) is 0 Å². The third-order valence-electron chi connectivity index (χ3n) is 1.84. The van der Waals surface area contributed by atoms with Gasteiger partial charge in [0.15, 0.2) is 0 Å². The van der Waals surface area contributed by atoms with E-state index in [1.54, 1.807) is 11.3 Å². The largest absolute Gasteiger partial charge is 0.312 e. The Morgan fingerprint density at radius 1 is 1.40 bits per heavy atom. The van der Waals surface area contributed by atoms with Crippen molar-refractivity contribution >= 4 is 29.0 Å². The summed E-state index contributed by atoms with van der Waals surface area (Å²) in [7, 11) is 0. The van der Waals surface area contributed by atoms with Crippen molar-refractivity contribution in [2.45, 2.75) is 32.7 Å². The van der Waals surface area contributed by atoms with Crippen LogP contribution in [0.15, 0.2) is 18.2 Å². The normalized spacial score (nSPS) is 12.5. The maximum atomic E-state index is 5.83. The van der Waals surface area contributed by atoms with Gasteiger partial charge in [0.05, 0.1) is 4.34 Å². The molecule has 84 valence electrons. The summed E-state index contributed by atoms with van der Waals surface area (Å²) in [6.45, 7) is 7.54. The monoisotopic (exact) mass is 243 g/mol. The van der Waals surface area contributed by atoms with Crippen LogP contribution in [0.5, 0.6) is 0 Å². The zero-order chi connectivity index (χ0) is 11.3. The SMILES string of the molecule is CC(C)(C)NCCC=Cc1ccc(Cl)s1. The van der Waals surface area contributed by atoms with Crippen LogP contribution in [0.3, 0.4) is 0 Å². The zero-order valence-corrected chi connectivity index (χ0v) is 11.1. The molecular weight excluding hydrogens is 226 g/mol. The van der Waals surface area contributed by atoms with Crippen LogP contribution in [0.4, 0.5) is 0 Å². The summed E-state index contributed by atoms with van der Waals surface area (Å²) >= 11 is 7.44. The topological polar surface area (TPSA) is 12.0 Å². The Morgan fingerprint density at radius 3 is 2.67 bits per heavy atom. The van der Waals surface area contributed by atoms with Crippen LogP contribution < -0.4 is 5.32 Å². The molecule has 3 heteroatoms. The summed E-state index contributed by atoms with van der Waals surface area (Å²) in [6.07, 6.45) is 5.36. The third-order valence-corrected chi connectivity index (χ3v) is 3.04. The quantitative estimate of drug-likeness (QED) is 0.782. The fourth-order valence-corrected chi connectivity index (χ4v) is 2.14. The van der Waals surface area contributed by atoms with Crippen LogP contribution in [-0.2, 0) is 0 Å². The molecule has 0 spiro atoms. The van der Waals surface area contributed by atoms with E-state index >= 15 is 0 Å². The van der Waals surface area contributed by atoms with E-state index in [-0.39, 0.29) is 5.54 Å². The van der Waals surface area contributed by atoms with Gasteiger partial charge in [-0.25, -0.2) is 0 Å². The van der Waals surface area contributed by atoms with Gasteiger partial charge in [-0.15, -0.1) is 11.3 Å². The summed E-state index contributed by atoms with van der Waals surface area (Å²) < 4.78 is 0.850. The Morgan fingerprint density at radius 2 is 2.13 bits per heavy atom. The van der Waals surface area contributed by atoms with Crippen molar-refractivity contribution in [3.63, 3.8) is 0 Å². The van der Waals surface area contributed by atoms with E-state index < -0.39 is 0 Å². The fraction of sp³-hybridized carbons (Fsp3) is 0.500. The highest BCUT2D eigenvalue weighted by Crippen LogP contribution is 2.22. The van der Waals surface area contributed by atoms with Crippen molar-refractivity contribution in [1.82, 2.24) is 5.32 Å². The molecule has 15 heavy (non-hydrogen) atoms. The van der Waals surface area contributed by atoms with Gasteiger partial charge in [-0.2, -0.15) is 0 Å². The van der Waals surface area contributed by atoms with Crippen molar-refractivity contribution < 1.29 is 0 Å². The third kappa shape index (κ3) is 5.98. The Kier molecular flexibility index (Phi) is 4.84. The lowest BCUT2D eigenvalue weighted by Crippen LogP contribution is -2.36. The first-order chi connectivity index (χ1) is 6.97. The number of nitrogens with one attached hydrogen (secondary N) is 1. The molecule has 1 N–H and O–H groups in total. The van der Waals surface area contributed by atoms with Gasteiger partial charge >= 0.3 is 0 Å². The second-order valence-corrected chi connectivity index (χ2v) is 6.26. The van der Waals surface area contributed by atoms with Crippen molar-refractivity contribution in [1.29, 1.82) is 0 Å². The molecule has 0 saturated heterocycles. The van der Waals surface area contributed by atoms with Crippen LogP contribution in [0, 0.1) is 0 Å². The minimum atomic E-state index is 0.208. The standard InChI is InChI=1S/C12H18ClNS/c1-12(2,3)14-9-5-4-6-10-7-8-11(13)15-10/h4,6-8,14H,5,9H2,1-3H3. The molecule has 1 aromatic rings. The van der Waals surface area contributed by atoms with E-state index in [1.807, 2.05) is 12.1 Å². The van der Waals surface area contributed by atoms with Gasteiger partial charge in [-0.3, -0.25) is 0 Å². The first kappa shape index (κ1) is 12.8. The summed E-state index contributed by atoms with van der Waals surface area (Å²) in [4.78, 5) is 1.22. The van der Waals surface area contributed by atoms with E-state index in [0.29, 0.717) is 0 Å². The van der Waals surface area contributed by atoms with Gasteiger partial charge < -0.3 is 5.32 Å². The number of halogens is 1. The summed E-state index contributed by atoms with van der Waals surface area (Å²) in [5, 5.41) is 3.44. The minimum absolute atomic E-state index is 0.208. The maximum absolute atomic E-state index is 5.83. The van der Waals surface area contributed by atoms with Crippen LogP contribution >= 0.6 is 22.9 Å². The van der Waals surface area contributed by atoms with Crippen LogP contribution in [0.25, 0.3) is 6.08 Å². The molecule has 0 aliphatic heterocycles. The Bertz CT molecular complexity index is 323. The van der Waals surface area contributed by atoms with Crippen LogP contribution in [0.2, 0.25) is 4.34 Å². The molecular formula is C12H18ClNS. The fourth-order valence-electron chi connectivity index (χ4n) is 1.15. The van der Waals surface area contributed by atoms with Gasteiger partial charge in [0.25, 0.3) is 0 Å². The average molecular weight is 244 g/mol. The predicted molar refractivity (Wildman–Crippen MR) is 70.7 cm³/mol. The lowest BCUT2D eigenvalue weighted by molar-refractivity contribution is 0.431. The molecule has 0 aliphatic rings. The first-order valence-corrected chi connectivity index (χ1v) is 6.34. The summed E-state index contributed by atoms with van der Waals surface area (Å²) in [6, 6.07) is 3.97. The molecule has 0 bridgehead atoms. The molecule has 1 nitrogen and oxygen atoms in total. The van der Waals surface area contributed by atoms with E-state index in [1.165, 1.54) is 4.88 Å². The number of hydrogen-bond donors (Lipinski definition) is 1. The van der Waals surface area contributed by atoms with Crippen molar-refractivity contribution in [2.75, 3.05) is 6.54 Å². The Balaban J connectivity index is 2.23. The Hall–Kier alpha value is -0.310. The van der Waals surface area contributed by atoms with Gasteiger partial charge in [0.1, 0.15) is 0 Å². The number of rotatable bonds is 4. The Labute approximate surface area is 101 Å². The highest BCUT2D eigenvalue weighted by atomic mass is 35.5. The zero-order valence-electron chi connectivity index (χ0n) is 9.51. The van der Waals surface area contributed by atoms with E-state index in [2.05, 4.69) is 38.2 Å². The number of thiophene rings is 1. The van der Waals surface area contributed by atoms with Gasteiger partial charge in [-0.05, 0) is 51.9 Å². The summed E-state index contributed by atoms with van der Waals surface area (Å²) in [5.74, 6) is 0. The molecule has 0 radical (unpaired) electrons. The maximum Gasteiger partial charge on any atom is 0.0934 e. The minimum Gasteiger partial charge on any atom is -0.312 e. The molecule has 0 saturated carbocycles. The molecule has 0 amide bonds. The molecule has 0 aliphatic carbocycles. The second kappa shape index (κ2) is 5.69. The smallest absolute Gasteiger partial charge is 0.0934 e. The lowest BCUT2D eigenvalue weighted by atomic mass is 10.1.